The van der Waals surface area contributed by atoms with Crippen LogP contribution in [0.3, 0.4) is 0 Å². The minimum Gasteiger partial charge on any atom is -0.396 e. The molecule has 0 radical (unpaired) electrons. The molecular weight excluding hydrogens is 319 g/mol. The molecule has 3 rings (SSSR count). The van der Waals surface area contributed by atoms with E-state index >= 15 is 0 Å². The molecule has 1 atom stereocenters. The van der Waals surface area contributed by atoms with E-state index in [1.807, 2.05) is 6.92 Å². The number of nitrogens with zero attached hydrogens (tertiary/aromatic N) is 1. The van der Waals surface area contributed by atoms with Crippen molar-refractivity contribution in [1.29, 1.82) is 0 Å². The van der Waals surface area contributed by atoms with Crippen LogP contribution in [-0.2, 0) is 10.0 Å². The lowest BCUT2D eigenvalue weighted by Gasteiger charge is -2.58. The van der Waals surface area contributed by atoms with Crippen LogP contribution in [0.1, 0.15) is 26.2 Å². The van der Waals surface area contributed by atoms with Gasteiger partial charge >= 0.3 is 0 Å². The molecule has 1 aliphatic carbocycles. The van der Waals surface area contributed by atoms with Crippen LogP contribution >= 0.6 is 0 Å². The average molecular weight is 342 g/mol. The zero-order valence-corrected chi connectivity index (χ0v) is 14.0. The second-order valence-corrected chi connectivity index (χ2v) is 8.80. The third kappa shape index (κ3) is 3.15. The third-order valence-corrected chi connectivity index (χ3v) is 6.74. The second kappa shape index (κ2) is 6.12. The lowest BCUT2D eigenvalue weighted by atomic mass is 9.61. The molecule has 1 saturated heterocycles. The molecule has 1 aromatic carbocycles. The Morgan fingerprint density at radius 1 is 1.39 bits per heavy atom. The van der Waals surface area contributed by atoms with Crippen molar-refractivity contribution >= 4 is 10.0 Å². The van der Waals surface area contributed by atoms with Crippen LogP contribution in [0.15, 0.2) is 29.2 Å². The van der Waals surface area contributed by atoms with Crippen molar-refractivity contribution in [2.45, 2.75) is 43.2 Å². The fourth-order valence-electron chi connectivity index (χ4n) is 3.71. The molecule has 1 aromatic rings. The average Bonchev–Trinajstić information content (AvgIpc) is 2.40. The van der Waals surface area contributed by atoms with Gasteiger partial charge in [0.25, 0.3) is 0 Å². The summed E-state index contributed by atoms with van der Waals surface area (Å²) in [5.41, 5.74) is 0.0505. The molecule has 1 unspecified atom stereocenters. The van der Waals surface area contributed by atoms with Crippen molar-refractivity contribution in [2.24, 2.45) is 5.41 Å². The van der Waals surface area contributed by atoms with Crippen LogP contribution in [0.25, 0.3) is 0 Å². The smallest absolute Gasteiger partial charge is 0.246 e. The van der Waals surface area contributed by atoms with Crippen molar-refractivity contribution in [3.05, 3.63) is 30.1 Å². The van der Waals surface area contributed by atoms with Crippen LogP contribution in [0, 0.1) is 11.2 Å². The Balaban J connectivity index is 1.55. The quantitative estimate of drug-likeness (QED) is 0.819. The lowest BCUT2D eigenvalue weighted by Crippen LogP contribution is -2.67. The van der Waals surface area contributed by atoms with E-state index in [2.05, 4.69) is 5.32 Å². The molecular formula is C16H23FN2O3S. The largest absolute Gasteiger partial charge is 0.396 e. The first-order valence-electron chi connectivity index (χ1n) is 7.98. The van der Waals surface area contributed by atoms with Gasteiger partial charge in [0.1, 0.15) is 10.7 Å². The van der Waals surface area contributed by atoms with Crippen LogP contribution in [0.4, 0.5) is 4.39 Å². The number of nitrogens with one attached hydrogen (secondary N) is 1. The molecule has 7 heteroatoms. The Morgan fingerprint density at radius 2 is 2.04 bits per heavy atom. The Hall–Kier alpha value is -1.02. The minimum atomic E-state index is -3.72. The van der Waals surface area contributed by atoms with E-state index in [-0.39, 0.29) is 23.0 Å². The molecule has 0 aromatic heterocycles. The first-order chi connectivity index (χ1) is 10.9. The van der Waals surface area contributed by atoms with E-state index in [1.54, 1.807) is 0 Å². The van der Waals surface area contributed by atoms with Gasteiger partial charge in [0.15, 0.2) is 0 Å². The summed E-state index contributed by atoms with van der Waals surface area (Å²) in [6.07, 6.45) is 2.59. The standard InChI is InChI=1S/C16H23FN2O3S/c1-12(6-7-20)18-13-8-16(9-13)10-19(11-16)23(21,22)15-5-3-2-4-14(15)17/h2-5,12-13,18,20H,6-11H2,1H3. The fraction of sp³-hybridized carbons (Fsp3) is 0.625. The van der Waals surface area contributed by atoms with E-state index in [0.29, 0.717) is 19.1 Å². The van der Waals surface area contributed by atoms with Gasteiger partial charge in [-0.1, -0.05) is 12.1 Å². The van der Waals surface area contributed by atoms with E-state index in [1.165, 1.54) is 28.6 Å². The van der Waals surface area contributed by atoms with Gasteiger partial charge in [0.2, 0.25) is 10.0 Å². The zero-order chi connectivity index (χ0) is 16.7. The van der Waals surface area contributed by atoms with Crippen LogP contribution < -0.4 is 5.32 Å². The first kappa shape index (κ1) is 16.8. The van der Waals surface area contributed by atoms with Gasteiger partial charge in [-0.15, -0.1) is 0 Å². The summed E-state index contributed by atoms with van der Waals surface area (Å²) < 4.78 is 40.0. The van der Waals surface area contributed by atoms with Crippen molar-refractivity contribution in [1.82, 2.24) is 9.62 Å². The van der Waals surface area contributed by atoms with Gasteiger partial charge in [0, 0.05) is 37.2 Å². The summed E-state index contributed by atoms with van der Waals surface area (Å²) >= 11 is 0. The number of halogens is 1. The molecule has 1 spiro atoms. The predicted molar refractivity (Wildman–Crippen MR) is 84.9 cm³/mol. The van der Waals surface area contributed by atoms with Gasteiger partial charge in [-0.05, 0) is 38.3 Å². The number of benzene rings is 1. The number of hydrogen-bond acceptors (Lipinski definition) is 4. The Bertz CT molecular complexity index is 666. The van der Waals surface area contributed by atoms with Gasteiger partial charge in [-0.25, -0.2) is 12.8 Å². The topological polar surface area (TPSA) is 69.6 Å². The van der Waals surface area contributed by atoms with Crippen LogP contribution in [-0.4, -0.2) is 49.6 Å². The molecule has 1 saturated carbocycles. The van der Waals surface area contributed by atoms with Crippen LogP contribution in [0.2, 0.25) is 0 Å². The van der Waals surface area contributed by atoms with Crippen molar-refractivity contribution < 1.29 is 17.9 Å². The summed E-state index contributed by atoms with van der Waals surface area (Å²) in [7, 11) is -3.72. The second-order valence-electron chi connectivity index (χ2n) is 6.89. The summed E-state index contributed by atoms with van der Waals surface area (Å²) in [6.45, 7) is 3.14. The molecule has 0 amide bonds. The number of aliphatic hydroxyl groups is 1. The summed E-state index contributed by atoms with van der Waals surface area (Å²) in [4.78, 5) is -0.236. The van der Waals surface area contributed by atoms with Crippen LogP contribution in [0.5, 0.6) is 0 Å². The summed E-state index contributed by atoms with van der Waals surface area (Å²) in [6, 6.07) is 6.17. The van der Waals surface area contributed by atoms with Gasteiger partial charge in [-0.3, -0.25) is 0 Å². The highest BCUT2D eigenvalue weighted by Gasteiger charge is 2.55. The predicted octanol–water partition coefficient (Wildman–Crippen LogP) is 1.34. The molecule has 2 aliphatic rings. The molecule has 0 bridgehead atoms. The fourth-order valence-corrected chi connectivity index (χ4v) is 5.44. The number of rotatable bonds is 6. The molecule has 128 valence electrons. The van der Waals surface area contributed by atoms with E-state index < -0.39 is 15.8 Å². The van der Waals surface area contributed by atoms with E-state index in [9.17, 15) is 12.8 Å². The first-order valence-corrected chi connectivity index (χ1v) is 9.42. The van der Waals surface area contributed by atoms with Gasteiger partial charge < -0.3 is 10.4 Å². The maximum Gasteiger partial charge on any atom is 0.246 e. The normalized spacial score (nSPS) is 22.6. The van der Waals surface area contributed by atoms with E-state index in [0.717, 1.165) is 19.3 Å². The SMILES string of the molecule is CC(CCO)NC1CC2(C1)CN(S(=O)(=O)c1ccccc1F)C2. The minimum absolute atomic E-state index is 0.0505. The molecule has 2 N–H and O–H groups in total. The molecule has 23 heavy (non-hydrogen) atoms. The highest BCUT2D eigenvalue weighted by Crippen LogP contribution is 2.50. The lowest BCUT2D eigenvalue weighted by molar-refractivity contribution is -0.0368. The van der Waals surface area contributed by atoms with Crippen molar-refractivity contribution in [2.75, 3.05) is 19.7 Å². The Labute approximate surface area is 136 Å². The highest BCUT2D eigenvalue weighted by molar-refractivity contribution is 7.89. The van der Waals surface area contributed by atoms with E-state index in [4.69, 9.17) is 5.11 Å². The van der Waals surface area contributed by atoms with Gasteiger partial charge in [-0.2, -0.15) is 4.31 Å². The number of hydrogen-bond donors (Lipinski definition) is 2. The summed E-state index contributed by atoms with van der Waals surface area (Å²) in [5.74, 6) is -0.695. The third-order valence-electron chi connectivity index (χ3n) is 4.92. The number of sulfonamides is 1. The maximum atomic E-state index is 13.7. The van der Waals surface area contributed by atoms with Crippen molar-refractivity contribution in [3.63, 3.8) is 0 Å². The summed E-state index contributed by atoms with van der Waals surface area (Å²) in [5, 5.41) is 12.4. The molecule has 1 heterocycles. The van der Waals surface area contributed by atoms with Gasteiger partial charge in [0.05, 0.1) is 0 Å². The zero-order valence-electron chi connectivity index (χ0n) is 13.2. The maximum absolute atomic E-state index is 13.7. The molecule has 2 fully saturated rings. The molecule has 5 nitrogen and oxygen atoms in total. The number of aliphatic hydroxyl groups excluding tert-OH is 1. The Kier molecular flexibility index (Phi) is 4.48. The van der Waals surface area contributed by atoms with Crippen molar-refractivity contribution in [3.8, 4) is 0 Å². The highest BCUT2D eigenvalue weighted by atomic mass is 32.2. The molecule has 1 aliphatic heterocycles. The Morgan fingerprint density at radius 3 is 2.65 bits per heavy atom. The monoisotopic (exact) mass is 342 g/mol.